The highest BCUT2D eigenvalue weighted by Gasteiger charge is 2.15. The summed E-state index contributed by atoms with van der Waals surface area (Å²) in [5, 5.41) is 6.39. The number of carbonyl (C=O) groups excluding carboxylic acids is 1. The van der Waals surface area contributed by atoms with E-state index < -0.39 is 0 Å². The molecule has 2 N–H and O–H groups in total. The third kappa shape index (κ3) is 5.71. The van der Waals surface area contributed by atoms with Gasteiger partial charge in [0.15, 0.2) is 0 Å². The molecule has 0 aromatic heterocycles. The van der Waals surface area contributed by atoms with E-state index in [0.717, 1.165) is 56.4 Å². The van der Waals surface area contributed by atoms with Crippen molar-refractivity contribution in [3.05, 3.63) is 54.1 Å². The Labute approximate surface area is 166 Å². The summed E-state index contributed by atoms with van der Waals surface area (Å²) in [5.41, 5.74) is 3.09. The van der Waals surface area contributed by atoms with Crippen LogP contribution in [-0.2, 0) is 16.0 Å². The molecule has 1 aliphatic rings. The van der Waals surface area contributed by atoms with Crippen LogP contribution in [0.1, 0.15) is 12.0 Å². The molecule has 0 spiro atoms. The molecule has 0 aliphatic carbocycles. The zero-order valence-corrected chi connectivity index (χ0v) is 16.4. The molecule has 1 saturated heterocycles. The summed E-state index contributed by atoms with van der Waals surface area (Å²) in [7, 11) is 1.69. The summed E-state index contributed by atoms with van der Waals surface area (Å²) < 4.78 is 10.8. The Kier molecular flexibility index (Phi) is 7.70. The molecule has 0 unspecified atom stereocenters. The second-order valence-electron chi connectivity index (χ2n) is 6.73. The lowest BCUT2D eigenvalue weighted by molar-refractivity contribution is -0.116. The molecule has 28 heavy (non-hydrogen) atoms. The van der Waals surface area contributed by atoms with Gasteiger partial charge in [0.1, 0.15) is 5.75 Å². The molecular weight excluding hydrogens is 354 g/mol. The Morgan fingerprint density at radius 1 is 1.07 bits per heavy atom. The lowest BCUT2D eigenvalue weighted by Crippen LogP contribution is -2.36. The van der Waals surface area contributed by atoms with Crippen molar-refractivity contribution in [3.8, 4) is 5.75 Å². The van der Waals surface area contributed by atoms with E-state index in [0.29, 0.717) is 13.0 Å². The molecule has 0 saturated carbocycles. The average molecular weight is 383 g/mol. The molecule has 2 aromatic rings. The van der Waals surface area contributed by atoms with E-state index in [1.165, 1.54) is 5.56 Å². The van der Waals surface area contributed by atoms with Crippen LogP contribution in [0.25, 0.3) is 0 Å². The molecule has 0 bridgehead atoms. The summed E-state index contributed by atoms with van der Waals surface area (Å²) in [6.07, 6.45) is 1.30. The molecule has 1 heterocycles. The SMILES string of the molecule is COc1ccccc1CCNCCC(=O)Nc1ccccc1N1CCOCC1. The number of morpholine rings is 1. The summed E-state index contributed by atoms with van der Waals surface area (Å²) in [5.74, 6) is 0.923. The Bertz CT molecular complexity index is 760. The minimum atomic E-state index is 0.0190. The number of carbonyl (C=O) groups is 1. The molecule has 1 fully saturated rings. The van der Waals surface area contributed by atoms with Crippen LogP contribution in [0.5, 0.6) is 5.75 Å². The Hall–Kier alpha value is -2.57. The van der Waals surface area contributed by atoms with Crippen LogP contribution < -0.4 is 20.3 Å². The van der Waals surface area contributed by atoms with Gasteiger partial charge < -0.3 is 25.0 Å². The van der Waals surface area contributed by atoms with Gasteiger partial charge in [-0.25, -0.2) is 0 Å². The van der Waals surface area contributed by atoms with Crippen molar-refractivity contribution in [3.63, 3.8) is 0 Å². The molecule has 3 rings (SSSR count). The van der Waals surface area contributed by atoms with Gasteiger partial charge in [-0.1, -0.05) is 30.3 Å². The summed E-state index contributed by atoms with van der Waals surface area (Å²) in [6, 6.07) is 16.0. The number of ether oxygens (including phenoxy) is 2. The number of hydrogen-bond donors (Lipinski definition) is 2. The first-order chi connectivity index (χ1) is 13.8. The normalized spacial score (nSPS) is 14.0. The largest absolute Gasteiger partial charge is 0.496 e. The van der Waals surface area contributed by atoms with E-state index >= 15 is 0 Å². The van der Waals surface area contributed by atoms with Gasteiger partial charge in [-0.05, 0) is 36.7 Å². The summed E-state index contributed by atoms with van der Waals surface area (Å²) >= 11 is 0. The number of methoxy groups -OCH3 is 1. The summed E-state index contributed by atoms with van der Waals surface area (Å²) in [6.45, 7) is 4.57. The zero-order valence-electron chi connectivity index (χ0n) is 16.4. The standard InChI is InChI=1S/C22H29N3O3/c1-27-21-9-5-2-6-18(21)10-12-23-13-11-22(26)24-19-7-3-4-8-20(19)25-14-16-28-17-15-25/h2-9,23H,10-17H2,1H3,(H,24,26). The number of benzene rings is 2. The van der Waals surface area contributed by atoms with Crippen molar-refractivity contribution in [1.82, 2.24) is 5.32 Å². The van der Waals surface area contributed by atoms with Crippen molar-refractivity contribution in [2.75, 3.05) is 56.7 Å². The van der Waals surface area contributed by atoms with Gasteiger partial charge in [-0.2, -0.15) is 0 Å². The number of amides is 1. The third-order valence-corrected chi connectivity index (χ3v) is 4.82. The van der Waals surface area contributed by atoms with Gasteiger partial charge in [-0.3, -0.25) is 4.79 Å². The molecule has 0 atom stereocenters. The molecule has 1 amide bonds. The van der Waals surface area contributed by atoms with Crippen molar-refractivity contribution < 1.29 is 14.3 Å². The Morgan fingerprint density at radius 3 is 2.64 bits per heavy atom. The highest BCUT2D eigenvalue weighted by Crippen LogP contribution is 2.26. The number of nitrogens with one attached hydrogen (secondary N) is 2. The van der Waals surface area contributed by atoms with E-state index in [4.69, 9.17) is 9.47 Å². The maximum Gasteiger partial charge on any atom is 0.225 e. The number of hydrogen-bond acceptors (Lipinski definition) is 5. The van der Waals surface area contributed by atoms with Crippen molar-refractivity contribution in [2.45, 2.75) is 12.8 Å². The number of rotatable bonds is 9. The van der Waals surface area contributed by atoms with E-state index in [-0.39, 0.29) is 5.91 Å². The smallest absolute Gasteiger partial charge is 0.225 e. The van der Waals surface area contributed by atoms with Crippen LogP contribution in [0.3, 0.4) is 0 Å². The van der Waals surface area contributed by atoms with Crippen LogP contribution >= 0.6 is 0 Å². The van der Waals surface area contributed by atoms with Gasteiger partial charge in [0.25, 0.3) is 0 Å². The zero-order chi connectivity index (χ0) is 19.6. The minimum absolute atomic E-state index is 0.0190. The van der Waals surface area contributed by atoms with Crippen LogP contribution in [0.2, 0.25) is 0 Å². The first-order valence-corrected chi connectivity index (χ1v) is 9.82. The fourth-order valence-corrected chi connectivity index (χ4v) is 3.33. The molecule has 6 nitrogen and oxygen atoms in total. The topological polar surface area (TPSA) is 62.8 Å². The van der Waals surface area contributed by atoms with Crippen LogP contribution in [0.4, 0.5) is 11.4 Å². The molecule has 6 heteroatoms. The fourth-order valence-electron chi connectivity index (χ4n) is 3.33. The van der Waals surface area contributed by atoms with E-state index in [9.17, 15) is 4.79 Å². The van der Waals surface area contributed by atoms with Crippen LogP contribution in [-0.4, -0.2) is 52.4 Å². The van der Waals surface area contributed by atoms with Gasteiger partial charge in [0.2, 0.25) is 5.91 Å². The Morgan fingerprint density at radius 2 is 1.82 bits per heavy atom. The maximum absolute atomic E-state index is 12.4. The second-order valence-corrected chi connectivity index (χ2v) is 6.73. The van der Waals surface area contributed by atoms with Crippen molar-refractivity contribution in [1.29, 1.82) is 0 Å². The van der Waals surface area contributed by atoms with Gasteiger partial charge in [0.05, 0.1) is 31.7 Å². The number of para-hydroxylation sites is 3. The predicted octanol–water partition coefficient (Wildman–Crippen LogP) is 2.69. The highest BCUT2D eigenvalue weighted by atomic mass is 16.5. The summed E-state index contributed by atoms with van der Waals surface area (Å²) in [4.78, 5) is 14.6. The van der Waals surface area contributed by atoms with E-state index in [2.05, 4.69) is 21.6 Å². The molecular formula is C22H29N3O3. The first kappa shape index (κ1) is 20.2. The van der Waals surface area contributed by atoms with Gasteiger partial charge >= 0.3 is 0 Å². The lowest BCUT2D eigenvalue weighted by atomic mass is 10.1. The fraction of sp³-hybridized carbons (Fsp3) is 0.409. The highest BCUT2D eigenvalue weighted by molar-refractivity contribution is 5.94. The maximum atomic E-state index is 12.4. The van der Waals surface area contributed by atoms with Gasteiger partial charge in [-0.15, -0.1) is 0 Å². The van der Waals surface area contributed by atoms with E-state index in [1.54, 1.807) is 7.11 Å². The molecule has 0 radical (unpaired) electrons. The number of anilines is 2. The second kappa shape index (κ2) is 10.7. The molecule has 150 valence electrons. The van der Waals surface area contributed by atoms with Gasteiger partial charge in [0, 0.05) is 26.1 Å². The van der Waals surface area contributed by atoms with Crippen molar-refractivity contribution >= 4 is 17.3 Å². The Balaban J connectivity index is 1.42. The minimum Gasteiger partial charge on any atom is -0.496 e. The molecule has 2 aromatic carbocycles. The van der Waals surface area contributed by atoms with Crippen LogP contribution in [0.15, 0.2) is 48.5 Å². The average Bonchev–Trinajstić information content (AvgIpc) is 2.75. The lowest BCUT2D eigenvalue weighted by Gasteiger charge is -2.30. The monoisotopic (exact) mass is 383 g/mol. The predicted molar refractivity (Wildman–Crippen MR) is 112 cm³/mol. The van der Waals surface area contributed by atoms with Crippen molar-refractivity contribution in [2.24, 2.45) is 0 Å². The van der Waals surface area contributed by atoms with Crippen LogP contribution in [0, 0.1) is 0 Å². The third-order valence-electron chi connectivity index (χ3n) is 4.82. The molecule has 1 aliphatic heterocycles. The number of nitrogens with zero attached hydrogens (tertiary/aromatic N) is 1. The first-order valence-electron chi connectivity index (χ1n) is 9.82. The van der Waals surface area contributed by atoms with E-state index in [1.807, 2.05) is 42.5 Å². The quantitative estimate of drug-likeness (QED) is 0.652.